The van der Waals surface area contributed by atoms with Gasteiger partial charge in [-0.3, -0.25) is 9.45 Å². The zero-order valence-corrected chi connectivity index (χ0v) is 14.0. The molecular formula is C12H25N2O9S+. The van der Waals surface area contributed by atoms with Crippen molar-refractivity contribution in [3.63, 3.8) is 0 Å². The predicted octanol–water partition coefficient (Wildman–Crippen LogP) is -4.62. The van der Waals surface area contributed by atoms with Crippen molar-refractivity contribution in [3.8, 4) is 0 Å². The summed E-state index contributed by atoms with van der Waals surface area (Å²) in [5.41, 5.74) is 0. The first kappa shape index (κ1) is 21.2. The molecule has 0 aliphatic carbocycles. The molecule has 0 aromatic heterocycles. The van der Waals surface area contributed by atoms with Crippen molar-refractivity contribution in [3.05, 3.63) is 0 Å². The van der Waals surface area contributed by atoms with Crippen molar-refractivity contribution in [2.24, 2.45) is 0 Å². The topological polar surface area (TPSA) is 182 Å². The smallest absolute Gasteiger partial charge is 0.397 e. The highest BCUT2D eigenvalue weighted by molar-refractivity contribution is 7.80. The molecule has 0 spiro atoms. The van der Waals surface area contributed by atoms with Gasteiger partial charge in [0.1, 0.15) is 12.2 Å². The Morgan fingerprint density at radius 2 is 2.04 bits per heavy atom. The van der Waals surface area contributed by atoms with E-state index >= 15 is 0 Å². The predicted molar refractivity (Wildman–Crippen MR) is 80.6 cm³/mol. The fourth-order valence-corrected chi connectivity index (χ4v) is 3.09. The summed E-state index contributed by atoms with van der Waals surface area (Å²) >= 11 is 0. The summed E-state index contributed by atoms with van der Waals surface area (Å²) in [6, 6.07) is -1.38. The maximum absolute atomic E-state index is 10.7. The third kappa shape index (κ3) is 5.89. The number of aliphatic hydroxyl groups is 5. The van der Waals surface area contributed by atoms with Crippen molar-refractivity contribution in [1.29, 1.82) is 0 Å². The lowest BCUT2D eigenvalue weighted by Gasteiger charge is -2.28. The van der Waals surface area contributed by atoms with Crippen LogP contribution in [0.1, 0.15) is 13.3 Å². The zero-order valence-electron chi connectivity index (χ0n) is 13.2. The van der Waals surface area contributed by atoms with E-state index in [-0.39, 0.29) is 19.0 Å². The fourth-order valence-electron chi connectivity index (χ4n) is 2.59. The molecule has 1 aliphatic heterocycles. The van der Waals surface area contributed by atoms with Crippen molar-refractivity contribution in [2.45, 2.75) is 43.7 Å². The van der Waals surface area contributed by atoms with Crippen LogP contribution in [0.15, 0.2) is 0 Å². The van der Waals surface area contributed by atoms with Crippen molar-refractivity contribution >= 4 is 16.3 Å². The number of nitrogens with zero attached hydrogens (tertiary/aromatic N) is 1. The maximum atomic E-state index is 10.7. The zero-order chi connectivity index (χ0) is 18.5. The lowest BCUT2D eigenvalue weighted by atomic mass is 10.1. The van der Waals surface area contributed by atoms with Gasteiger partial charge in [0.2, 0.25) is 0 Å². The van der Waals surface area contributed by atoms with Crippen LogP contribution in [-0.4, -0.2) is 106 Å². The third-order valence-corrected chi connectivity index (χ3v) is 4.35. The summed E-state index contributed by atoms with van der Waals surface area (Å²) < 4.78 is 34.2. The van der Waals surface area contributed by atoms with Crippen LogP contribution in [0.25, 0.3) is 0 Å². The van der Waals surface area contributed by atoms with E-state index in [0.717, 1.165) is 0 Å². The van der Waals surface area contributed by atoms with Gasteiger partial charge in [0, 0.05) is 6.54 Å². The largest absolute Gasteiger partial charge is 0.464 e. The second-order valence-electron chi connectivity index (χ2n) is 5.56. The molecular weight excluding hydrogens is 348 g/mol. The van der Waals surface area contributed by atoms with Gasteiger partial charge in [0.25, 0.3) is 0 Å². The van der Waals surface area contributed by atoms with Gasteiger partial charge in [-0.1, -0.05) is 6.92 Å². The number of hydrogen-bond acceptors (Lipinski definition) is 8. The Morgan fingerprint density at radius 1 is 1.42 bits per heavy atom. The molecule has 1 fully saturated rings. The number of hydrogen-bond donors (Lipinski definition) is 7. The van der Waals surface area contributed by atoms with Crippen LogP contribution in [0.2, 0.25) is 0 Å². The van der Waals surface area contributed by atoms with Gasteiger partial charge >= 0.3 is 16.3 Å². The molecule has 0 saturated carbocycles. The van der Waals surface area contributed by atoms with Crippen LogP contribution >= 0.6 is 0 Å². The minimum Gasteiger partial charge on any atom is -0.464 e. The quantitative estimate of drug-likeness (QED) is 0.118. The molecule has 0 radical (unpaired) electrons. The van der Waals surface area contributed by atoms with Crippen LogP contribution in [0.3, 0.4) is 0 Å². The molecule has 5 atom stereocenters. The van der Waals surface area contributed by atoms with E-state index in [2.05, 4.69) is 9.18 Å². The van der Waals surface area contributed by atoms with Crippen LogP contribution in [0.4, 0.5) is 0 Å². The summed E-state index contributed by atoms with van der Waals surface area (Å²) in [7, 11) is -4.86. The Hall–Kier alpha value is -0.860. The van der Waals surface area contributed by atoms with Gasteiger partial charge in [-0.2, -0.15) is 8.42 Å². The first-order valence-corrected chi connectivity index (χ1v) is 8.78. The summed E-state index contributed by atoms with van der Waals surface area (Å²) in [4.78, 5) is 4.16. The number of β-amino-alcohol motifs (C(OH)–C–C–N with tert-alkyl or cyclic N) is 1. The van der Waals surface area contributed by atoms with Gasteiger partial charge in [-0.15, -0.1) is 0 Å². The first-order valence-electron chi connectivity index (χ1n) is 7.41. The summed E-state index contributed by atoms with van der Waals surface area (Å²) in [5.74, 6) is -0.0407. The van der Waals surface area contributed by atoms with E-state index in [1.54, 1.807) is 6.92 Å². The molecule has 12 heteroatoms. The van der Waals surface area contributed by atoms with Gasteiger partial charge in [0.05, 0.1) is 38.3 Å². The van der Waals surface area contributed by atoms with Crippen molar-refractivity contribution in [1.82, 2.24) is 4.90 Å². The Kier molecular flexibility index (Phi) is 7.95. The lowest BCUT2D eigenvalue weighted by molar-refractivity contribution is -0.519. The molecule has 11 nitrogen and oxygen atoms in total. The van der Waals surface area contributed by atoms with Gasteiger partial charge in [-0.25, -0.2) is 9.18 Å². The summed E-state index contributed by atoms with van der Waals surface area (Å²) in [5, 5.41) is 48.2. The van der Waals surface area contributed by atoms with Crippen LogP contribution in [-0.2, 0) is 14.6 Å². The first-order chi connectivity index (χ1) is 11.1. The minimum absolute atomic E-state index is 0.0407. The Morgan fingerprint density at radius 3 is 2.50 bits per heavy atom. The van der Waals surface area contributed by atoms with Crippen LogP contribution in [0, 0.1) is 0 Å². The third-order valence-electron chi connectivity index (χ3n) is 3.86. The van der Waals surface area contributed by atoms with E-state index in [1.165, 1.54) is 4.90 Å². The monoisotopic (exact) mass is 373 g/mol. The molecule has 1 saturated heterocycles. The van der Waals surface area contributed by atoms with Gasteiger partial charge < -0.3 is 25.5 Å². The fraction of sp³-hybridized carbons (Fsp3) is 0.917. The minimum atomic E-state index is -4.86. The highest BCUT2D eigenvalue weighted by atomic mass is 32.3. The average molecular weight is 373 g/mol. The maximum Gasteiger partial charge on any atom is 0.397 e. The normalized spacial score (nSPS) is 28.9. The van der Waals surface area contributed by atoms with E-state index in [1.807, 2.05) is 0 Å². The Balaban J connectivity index is 2.81. The van der Waals surface area contributed by atoms with E-state index in [9.17, 15) is 28.8 Å². The highest BCUT2D eigenvalue weighted by Crippen LogP contribution is 2.18. The van der Waals surface area contributed by atoms with Gasteiger partial charge in [0.15, 0.2) is 6.04 Å². The second kappa shape index (κ2) is 9.01. The Labute approximate surface area is 139 Å². The number of likely N-dealkylation sites (tertiary alicyclic amines) is 1. The van der Waals surface area contributed by atoms with Crippen molar-refractivity contribution in [2.75, 3.05) is 26.3 Å². The highest BCUT2D eigenvalue weighted by Gasteiger charge is 2.45. The molecule has 0 amide bonds. The molecule has 7 N–H and O–H groups in total. The van der Waals surface area contributed by atoms with E-state index in [0.29, 0.717) is 6.42 Å². The average Bonchev–Trinajstić information content (AvgIpc) is 2.78. The van der Waals surface area contributed by atoms with E-state index < -0.39 is 54.0 Å². The summed E-state index contributed by atoms with van der Waals surface area (Å²) in [6.45, 7) is 0.286. The van der Waals surface area contributed by atoms with Crippen LogP contribution < -0.4 is 4.99 Å². The van der Waals surface area contributed by atoms with Crippen LogP contribution in [0.5, 0.6) is 0 Å². The molecule has 1 aliphatic rings. The number of rotatable bonds is 9. The molecule has 0 unspecified atom stereocenters. The molecule has 0 bridgehead atoms. The summed E-state index contributed by atoms with van der Waals surface area (Å²) in [6.07, 6.45) is -3.84. The second-order valence-corrected chi connectivity index (χ2v) is 6.61. The molecule has 1 rings (SSSR count). The molecule has 1 heterocycles. The number of nitrogens with one attached hydrogen (secondary N) is 1. The molecule has 142 valence electrons. The lowest BCUT2D eigenvalue weighted by Crippen LogP contribution is -2.83. The van der Waals surface area contributed by atoms with E-state index in [4.69, 9.17) is 9.66 Å². The Bertz CT molecular complexity index is 527. The molecule has 0 aromatic carbocycles. The number of aliphatic hydroxyl groups excluding tert-OH is 5. The molecule has 0 aromatic rings. The van der Waals surface area contributed by atoms with Gasteiger partial charge in [-0.05, 0) is 0 Å². The standard InChI is InChI=1S/C12H24N2O9S/c1-2-11(18)13-7-3-14(8(5-15)12(7)19)4-9(17)10(6-16)23-24(20,21)22/h7-10,12,15-17,19H,2-6H2,1H3,(H,13,18)(H,20,21,22)/p+1/t7-,8-,9-,10+,12+/m1/s1. The SMILES string of the molecule is CCC(O)=[NH+][C@@H]1CN(C[C@@H](O)[C@H](CO)OS(=O)(=O)O)[C@H](CO)[C@H]1O. The molecule has 24 heavy (non-hydrogen) atoms. The van der Waals surface area contributed by atoms with Crippen molar-refractivity contribution < 1.29 is 47.7 Å².